The highest BCUT2D eigenvalue weighted by atomic mass is 16.4. The molecule has 20 heavy (non-hydrogen) atoms. The minimum absolute atomic E-state index is 0.191. The van der Waals surface area contributed by atoms with Gasteiger partial charge in [0.2, 0.25) is 5.91 Å². The number of hydrogen-bond acceptors (Lipinski definition) is 2. The number of amides is 1. The topological polar surface area (TPSA) is 57.6 Å². The lowest BCUT2D eigenvalue weighted by molar-refractivity contribution is -0.150. The van der Waals surface area contributed by atoms with Crippen molar-refractivity contribution in [3.63, 3.8) is 0 Å². The van der Waals surface area contributed by atoms with E-state index in [4.69, 9.17) is 5.11 Å². The van der Waals surface area contributed by atoms with Gasteiger partial charge in [0.05, 0.1) is 0 Å². The van der Waals surface area contributed by atoms with Crippen LogP contribution in [0.3, 0.4) is 0 Å². The van der Waals surface area contributed by atoms with Crippen molar-refractivity contribution in [2.24, 2.45) is 11.8 Å². The SMILES string of the molecule is CC(C(=O)O)C(=O)N1CCCC1CCC1CCCCC1. The molecule has 0 radical (unpaired) electrons. The molecule has 0 spiro atoms. The largest absolute Gasteiger partial charge is 0.481 e. The van der Waals surface area contributed by atoms with Gasteiger partial charge in [-0.15, -0.1) is 0 Å². The Morgan fingerprint density at radius 1 is 1.10 bits per heavy atom. The summed E-state index contributed by atoms with van der Waals surface area (Å²) >= 11 is 0. The number of nitrogens with zero attached hydrogens (tertiary/aromatic N) is 1. The zero-order valence-electron chi connectivity index (χ0n) is 12.5. The molecule has 2 fully saturated rings. The first-order valence-electron chi connectivity index (χ1n) is 8.13. The molecule has 1 saturated heterocycles. The van der Waals surface area contributed by atoms with Crippen LogP contribution in [0.2, 0.25) is 0 Å². The molecule has 0 aromatic carbocycles. The molecule has 114 valence electrons. The number of carboxylic acids is 1. The first-order valence-corrected chi connectivity index (χ1v) is 8.13. The Hall–Kier alpha value is -1.06. The van der Waals surface area contributed by atoms with Crippen LogP contribution >= 0.6 is 0 Å². The number of carboxylic acid groups (broad SMARTS) is 1. The minimum Gasteiger partial charge on any atom is -0.481 e. The van der Waals surface area contributed by atoms with Crippen LogP contribution < -0.4 is 0 Å². The number of carbonyl (C=O) groups excluding carboxylic acids is 1. The second-order valence-corrected chi connectivity index (χ2v) is 6.47. The molecule has 0 aromatic rings. The number of rotatable bonds is 5. The van der Waals surface area contributed by atoms with Crippen molar-refractivity contribution < 1.29 is 14.7 Å². The van der Waals surface area contributed by atoms with Crippen molar-refractivity contribution in [1.82, 2.24) is 4.90 Å². The molecule has 1 saturated carbocycles. The summed E-state index contributed by atoms with van der Waals surface area (Å²) in [7, 11) is 0. The summed E-state index contributed by atoms with van der Waals surface area (Å²) in [6, 6.07) is 0.284. The normalized spacial score (nSPS) is 25.6. The molecule has 0 aromatic heterocycles. The van der Waals surface area contributed by atoms with Crippen molar-refractivity contribution in [3.8, 4) is 0 Å². The van der Waals surface area contributed by atoms with Gasteiger partial charge < -0.3 is 10.0 Å². The molecule has 1 N–H and O–H groups in total. The van der Waals surface area contributed by atoms with E-state index >= 15 is 0 Å². The van der Waals surface area contributed by atoms with E-state index < -0.39 is 11.9 Å². The maximum Gasteiger partial charge on any atom is 0.315 e. The fourth-order valence-electron chi connectivity index (χ4n) is 3.68. The highest BCUT2D eigenvalue weighted by molar-refractivity contribution is 5.96. The summed E-state index contributed by atoms with van der Waals surface area (Å²) in [5, 5.41) is 8.99. The molecule has 1 heterocycles. The zero-order valence-corrected chi connectivity index (χ0v) is 12.5. The Morgan fingerprint density at radius 2 is 1.80 bits per heavy atom. The van der Waals surface area contributed by atoms with Crippen molar-refractivity contribution in [3.05, 3.63) is 0 Å². The van der Waals surface area contributed by atoms with Crippen LogP contribution in [0.15, 0.2) is 0 Å². The molecule has 2 unspecified atom stereocenters. The first-order chi connectivity index (χ1) is 9.59. The second-order valence-electron chi connectivity index (χ2n) is 6.47. The van der Waals surface area contributed by atoms with E-state index in [-0.39, 0.29) is 11.9 Å². The number of aliphatic carboxylic acids is 1. The van der Waals surface area contributed by atoms with Crippen molar-refractivity contribution in [2.45, 2.75) is 70.8 Å². The van der Waals surface area contributed by atoms with Crippen LogP contribution in [0.1, 0.15) is 64.7 Å². The van der Waals surface area contributed by atoms with Gasteiger partial charge in [0.1, 0.15) is 5.92 Å². The number of likely N-dealkylation sites (tertiary alicyclic amines) is 1. The van der Waals surface area contributed by atoms with Crippen LogP contribution in [-0.2, 0) is 9.59 Å². The standard InChI is InChI=1S/C16H27NO3/c1-12(16(19)20)15(18)17-11-5-8-14(17)10-9-13-6-3-2-4-7-13/h12-14H,2-11H2,1H3,(H,19,20). The summed E-state index contributed by atoms with van der Waals surface area (Å²) in [6.45, 7) is 2.24. The van der Waals surface area contributed by atoms with Gasteiger partial charge in [-0.25, -0.2) is 0 Å². The fraction of sp³-hybridized carbons (Fsp3) is 0.875. The van der Waals surface area contributed by atoms with Crippen molar-refractivity contribution in [2.75, 3.05) is 6.54 Å². The van der Waals surface area contributed by atoms with Crippen molar-refractivity contribution in [1.29, 1.82) is 0 Å². The molecular formula is C16H27NO3. The molecule has 1 aliphatic heterocycles. The molecule has 0 bridgehead atoms. The molecule has 2 atom stereocenters. The maximum atomic E-state index is 12.2. The summed E-state index contributed by atoms with van der Waals surface area (Å²) < 4.78 is 0. The summed E-state index contributed by atoms with van der Waals surface area (Å²) in [4.78, 5) is 25.0. The molecule has 1 aliphatic carbocycles. The maximum absolute atomic E-state index is 12.2. The third-order valence-electron chi connectivity index (χ3n) is 5.03. The van der Waals surface area contributed by atoms with Gasteiger partial charge in [0.25, 0.3) is 0 Å². The predicted octanol–water partition coefficient (Wildman–Crippen LogP) is 3.06. The van der Waals surface area contributed by atoms with E-state index in [9.17, 15) is 9.59 Å². The Bertz CT molecular complexity index is 350. The lowest BCUT2D eigenvalue weighted by atomic mass is 9.85. The van der Waals surface area contributed by atoms with Gasteiger partial charge in [-0.2, -0.15) is 0 Å². The Kier molecular flexibility index (Phi) is 5.44. The molecule has 2 aliphatic rings. The van der Waals surface area contributed by atoms with E-state index in [1.807, 2.05) is 4.90 Å². The van der Waals surface area contributed by atoms with E-state index in [0.717, 1.165) is 31.7 Å². The number of carbonyl (C=O) groups is 2. The van der Waals surface area contributed by atoms with Crippen LogP contribution in [-0.4, -0.2) is 34.5 Å². The smallest absolute Gasteiger partial charge is 0.315 e. The summed E-state index contributed by atoms with van der Waals surface area (Å²) in [5.74, 6) is -1.26. The van der Waals surface area contributed by atoms with Gasteiger partial charge in [-0.05, 0) is 38.5 Å². The van der Waals surface area contributed by atoms with Crippen LogP contribution in [0.4, 0.5) is 0 Å². The molecule has 1 amide bonds. The third-order valence-corrected chi connectivity index (χ3v) is 5.03. The lowest BCUT2D eigenvalue weighted by Gasteiger charge is -2.28. The average molecular weight is 281 g/mol. The van der Waals surface area contributed by atoms with E-state index in [1.54, 1.807) is 0 Å². The molecule has 4 heteroatoms. The fourth-order valence-corrected chi connectivity index (χ4v) is 3.68. The zero-order chi connectivity index (χ0) is 14.5. The summed E-state index contributed by atoms with van der Waals surface area (Å²) in [5.41, 5.74) is 0. The minimum atomic E-state index is -1.01. The van der Waals surface area contributed by atoms with E-state index in [0.29, 0.717) is 0 Å². The average Bonchev–Trinajstić information content (AvgIpc) is 2.93. The molecule has 2 rings (SSSR count). The van der Waals surface area contributed by atoms with Gasteiger partial charge >= 0.3 is 5.97 Å². The monoisotopic (exact) mass is 281 g/mol. The second kappa shape index (κ2) is 7.09. The van der Waals surface area contributed by atoms with Crippen molar-refractivity contribution >= 4 is 11.9 Å². The Labute approximate surface area is 121 Å². The predicted molar refractivity (Wildman–Crippen MR) is 77.3 cm³/mol. The van der Waals surface area contributed by atoms with Gasteiger partial charge in [0.15, 0.2) is 0 Å². The van der Waals surface area contributed by atoms with Crippen LogP contribution in [0.5, 0.6) is 0 Å². The van der Waals surface area contributed by atoms with E-state index in [1.165, 1.54) is 45.4 Å². The first kappa shape index (κ1) is 15.3. The van der Waals surface area contributed by atoms with Crippen LogP contribution in [0, 0.1) is 11.8 Å². The van der Waals surface area contributed by atoms with Gasteiger partial charge in [0, 0.05) is 12.6 Å². The molecule has 4 nitrogen and oxygen atoms in total. The Morgan fingerprint density at radius 3 is 2.45 bits per heavy atom. The molecular weight excluding hydrogens is 254 g/mol. The van der Waals surface area contributed by atoms with E-state index in [2.05, 4.69) is 0 Å². The van der Waals surface area contributed by atoms with Crippen LogP contribution in [0.25, 0.3) is 0 Å². The highest BCUT2D eigenvalue weighted by Gasteiger charge is 2.34. The quantitative estimate of drug-likeness (QED) is 0.788. The van der Waals surface area contributed by atoms with Gasteiger partial charge in [-0.3, -0.25) is 9.59 Å². The number of hydrogen-bond donors (Lipinski definition) is 1. The highest BCUT2D eigenvalue weighted by Crippen LogP contribution is 2.31. The Balaban J connectivity index is 1.83. The summed E-state index contributed by atoms with van der Waals surface area (Å²) in [6.07, 6.45) is 11.1. The lowest BCUT2D eigenvalue weighted by Crippen LogP contribution is -2.41. The van der Waals surface area contributed by atoms with Gasteiger partial charge in [-0.1, -0.05) is 32.1 Å². The third kappa shape index (κ3) is 3.74.